The first-order valence-electron chi connectivity index (χ1n) is 10.2. The lowest BCUT2D eigenvalue weighted by atomic mass is 9.79. The number of carbonyl (C=O) groups is 2. The fraction of sp³-hybridized carbons (Fsp3) is 0.0741. The Labute approximate surface area is 195 Å². The molecular weight excluding hydrogens is 434 g/mol. The summed E-state index contributed by atoms with van der Waals surface area (Å²) in [7, 11) is 1.69. The van der Waals surface area contributed by atoms with Crippen LogP contribution >= 0.6 is 23.5 Å². The monoisotopic (exact) mass is 453 g/mol. The van der Waals surface area contributed by atoms with Crippen molar-refractivity contribution in [2.75, 3.05) is 7.05 Å². The van der Waals surface area contributed by atoms with E-state index in [0.29, 0.717) is 34.4 Å². The molecule has 3 aromatic carbocycles. The van der Waals surface area contributed by atoms with Gasteiger partial charge in [0.2, 0.25) is 0 Å². The average Bonchev–Trinajstić information content (AvgIpc) is 2.83. The van der Waals surface area contributed by atoms with E-state index >= 15 is 0 Å². The SMILES string of the molecule is CN=C1CC(Sc2ccccc2)=CC2=C1C(=O)c1cc(Sc3ccccc3)ccc1C2=O. The number of allylic oxidation sites excluding steroid dienone is 4. The van der Waals surface area contributed by atoms with Crippen molar-refractivity contribution in [2.45, 2.75) is 21.1 Å². The van der Waals surface area contributed by atoms with Crippen LogP contribution in [0.3, 0.4) is 0 Å². The number of hydrogen-bond donors (Lipinski definition) is 0. The number of hydrogen-bond acceptors (Lipinski definition) is 5. The van der Waals surface area contributed by atoms with E-state index in [2.05, 4.69) is 4.99 Å². The van der Waals surface area contributed by atoms with Gasteiger partial charge < -0.3 is 0 Å². The van der Waals surface area contributed by atoms with Crippen LogP contribution < -0.4 is 0 Å². The minimum Gasteiger partial charge on any atom is -0.292 e. The second-order valence-corrected chi connectivity index (χ2v) is 9.79. The lowest BCUT2D eigenvalue weighted by molar-refractivity contribution is 0.0981. The Morgan fingerprint density at radius 2 is 1.38 bits per heavy atom. The lowest BCUT2D eigenvalue weighted by Crippen LogP contribution is -2.28. The molecule has 0 aliphatic heterocycles. The van der Waals surface area contributed by atoms with Gasteiger partial charge in [0.15, 0.2) is 11.6 Å². The molecule has 0 aromatic heterocycles. The normalized spacial score (nSPS) is 16.7. The summed E-state index contributed by atoms with van der Waals surface area (Å²) in [5.74, 6) is -0.233. The molecule has 0 fully saturated rings. The third kappa shape index (κ3) is 3.90. The van der Waals surface area contributed by atoms with Gasteiger partial charge in [0, 0.05) is 44.9 Å². The van der Waals surface area contributed by atoms with Gasteiger partial charge in [0.05, 0.1) is 11.3 Å². The van der Waals surface area contributed by atoms with Gasteiger partial charge in [0.25, 0.3) is 0 Å². The van der Waals surface area contributed by atoms with E-state index in [1.165, 1.54) is 0 Å². The van der Waals surface area contributed by atoms with Crippen molar-refractivity contribution in [1.82, 2.24) is 0 Å². The van der Waals surface area contributed by atoms with E-state index in [4.69, 9.17) is 0 Å². The van der Waals surface area contributed by atoms with Crippen LogP contribution in [0.2, 0.25) is 0 Å². The largest absolute Gasteiger partial charge is 0.292 e. The van der Waals surface area contributed by atoms with Gasteiger partial charge in [0.1, 0.15) is 0 Å². The Hall–Kier alpha value is -3.15. The van der Waals surface area contributed by atoms with Gasteiger partial charge in [-0.3, -0.25) is 14.6 Å². The maximum atomic E-state index is 13.5. The Morgan fingerprint density at radius 3 is 2.03 bits per heavy atom. The van der Waals surface area contributed by atoms with Crippen molar-refractivity contribution >= 4 is 40.8 Å². The van der Waals surface area contributed by atoms with Crippen LogP contribution in [-0.2, 0) is 0 Å². The van der Waals surface area contributed by atoms with Crippen molar-refractivity contribution in [3.63, 3.8) is 0 Å². The number of nitrogens with zero attached hydrogens (tertiary/aromatic N) is 1. The molecule has 0 heterocycles. The number of thioether (sulfide) groups is 1. The number of aliphatic imine (C=N–C) groups is 1. The molecule has 0 unspecified atom stereocenters. The van der Waals surface area contributed by atoms with E-state index < -0.39 is 0 Å². The zero-order valence-corrected chi connectivity index (χ0v) is 19.0. The minimum absolute atomic E-state index is 0.113. The molecule has 0 amide bonds. The van der Waals surface area contributed by atoms with Crippen LogP contribution in [0.25, 0.3) is 0 Å². The van der Waals surface area contributed by atoms with E-state index in [9.17, 15) is 9.59 Å². The first kappa shape index (κ1) is 20.7. The topological polar surface area (TPSA) is 46.5 Å². The summed E-state index contributed by atoms with van der Waals surface area (Å²) in [4.78, 5) is 35.4. The highest BCUT2D eigenvalue weighted by Gasteiger charge is 2.36. The Kier molecular flexibility index (Phi) is 5.68. The van der Waals surface area contributed by atoms with E-state index in [0.717, 1.165) is 19.6 Å². The van der Waals surface area contributed by atoms with Crippen molar-refractivity contribution < 1.29 is 9.59 Å². The van der Waals surface area contributed by atoms with Crippen LogP contribution in [0.1, 0.15) is 27.1 Å². The van der Waals surface area contributed by atoms with E-state index in [-0.39, 0.29) is 11.6 Å². The molecule has 5 heteroatoms. The second-order valence-electron chi connectivity index (χ2n) is 7.44. The Morgan fingerprint density at radius 1 is 0.719 bits per heavy atom. The van der Waals surface area contributed by atoms with E-state index in [1.807, 2.05) is 78.9 Å². The fourth-order valence-corrected chi connectivity index (χ4v) is 5.76. The summed E-state index contributed by atoms with van der Waals surface area (Å²) in [5, 5.41) is 0. The third-order valence-electron chi connectivity index (χ3n) is 5.40. The minimum atomic E-state index is -0.120. The summed E-state index contributed by atoms with van der Waals surface area (Å²) < 4.78 is 0. The number of benzene rings is 3. The molecule has 156 valence electrons. The molecular formula is C27H19NO2S2. The van der Waals surface area contributed by atoms with Crippen molar-refractivity contribution in [3.8, 4) is 0 Å². The van der Waals surface area contributed by atoms with Gasteiger partial charge in [-0.15, -0.1) is 0 Å². The van der Waals surface area contributed by atoms with Gasteiger partial charge in [-0.05, 0) is 53.4 Å². The Balaban J connectivity index is 1.52. The second kappa shape index (κ2) is 8.77. The number of ketones is 2. The summed E-state index contributed by atoms with van der Waals surface area (Å²) >= 11 is 3.18. The molecule has 32 heavy (non-hydrogen) atoms. The third-order valence-corrected chi connectivity index (χ3v) is 7.43. The highest BCUT2D eigenvalue weighted by molar-refractivity contribution is 8.03. The quantitative estimate of drug-likeness (QED) is 0.443. The zero-order valence-electron chi connectivity index (χ0n) is 17.4. The van der Waals surface area contributed by atoms with Crippen LogP contribution in [-0.4, -0.2) is 24.3 Å². The van der Waals surface area contributed by atoms with Crippen molar-refractivity contribution in [1.29, 1.82) is 0 Å². The standard InChI is InChI=1S/C27H19NO2S2/c1-28-24-16-20(32-18-10-6-3-7-11-18)15-23-25(24)27(30)22-14-19(12-13-21(22)26(23)29)31-17-8-4-2-5-9-17/h2-15H,16H2,1H3. The molecule has 0 atom stereocenters. The number of fused-ring (bicyclic) bond motifs is 1. The van der Waals surface area contributed by atoms with Crippen LogP contribution in [0.15, 0.2) is 121 Å². The Bertz CT molecular complexity index is 1320. The van der Waals surface area contributed by atoms with Crippen LogP contribution in [0.4, 0.5) is 0 Å². The van der Waals surface area contributed by atoms with Gasteiger partial charge >= 0.3 is 0 Å². The molecule has 3 nitrogen and oxygen atoms in total. The highest BCUT2D eigenvalue weighted by Crippen LogP contribution is 2.40. The molecule has 0 bridgehead atoms. The molecule has 0 spiro atoms. The zero-order chi connectivity index (χ0) is 22.1. The number of rotatable bonds is 4. The summed E-state index contributed by atoms with van der Waals surface area (Å²) in [6.45, 7) is 0. The molecule has 0 N–H and O–H groups in total. The van der Waals surface area contributed by atoms with Gasteiger partial charge in [-0.25, -0.2) is 0 Å². The van der Waals surface area contributed by atoms with Crippen LogP contribution in [0.5, 0.6) is 0 Å². The highest BCUT2D eigenvalue weighted by atomic mass is 32.2. The summed E-state index contributed by atoms with van der Waals surface area (Å²) in [6, 6.07) is 25.5. The molecule has 5 rings (SSSR count). The first-order chi connectivity index (χ1) is 15.6. The van der Waals surface area contributed by atoms with Crippen molar-refractivity contribution in [2.24, 2.45) is 4.99 Å². The maximum Gasteiger partial charge on any atom is 0.196 e. The number of carbonyl (C=O) groups excluding carboxylic acids is 2. The lowest BCUT2D eigenvalue weighted by Gasteiger charge is -2.25. The van der Waals surface area contributed by atoms with Gasteiger partial charge in [-0.1, -0.05) is 59.9 Å². The molecule has 0 saturated heterocycles. The molecule has 0 saturated carbocycles. The smallest absolute Gasteiger partial charge is 0.196 e. The van der Waals surface area contributed by atoms with Crippen molar-refractivity contribution in [3.05, 3.63) is 112 Å². The predicted molar refractivity (Wildman–Crippen MR) is 131 cm³/mol. The summed E-state index contributed by atoms with van der Waals surface area (Å²) in [5.41, 5.74) is 2.50. The first-order valence-corrected chi connectivity index (χ1v) is 11.9. The predicted octanol–water partition coefficient (Wildman–Crippen LogP) is 6.66. The van der Waals surface area contributed by atoms with Crippen LogP contribution in [0, 0.1) is 0 Å². The summed E-state index contributed by atoms with van der Waals surface area (Å²) in [6.07, 6.45) is 2.42. The maximum absolute atomic E-state index is 13.5. The fourth-order valence-electron chi connectivity index (χ4n) is 3.90. The molecule has 2 aliphatic rings. The molecule has 2 aliphatic carbocycles. The van der Waals surface area contributed by atoms with Gasteiger partial charge in [-0.2, -0.15) is 0 Å². The van der Waals surface area contributed by atoms with E-state index in [1.54, 1.807) is 36.6 Å². The number of Topliss-reactive ketones (excluding diaryl/α,β-unsaturated/α-hetero) is 2. The molecule has 0 radical (unpaired) electrons. The average molecular weight is 454 g/mol. The molecule has 3 aromatic rings.